The molecule has 1 rings (SSSR count). The molecule has 1 aromatic carbocycles. The summed E-state index contributed by atoms with van der Waals surface area (Å²) >= 11 is 0. The van der Waals surface area contributed by atoms with E-state index in [1.54, 1.807) is 24.9 Å². The highest BCUT2D eigenvalue weighted by molar-refractivity contribution is 5.89. The van der Waals surface area contributed by atoms with Gasteiger partial charge in [0.25, 0.3) is 0 Å². The van der Waals surface area contributed by atoms with Crippen LogP contribution in [0.2, 0.25) is 0 Å². The molecule has 3 amide bonds. The normalized spacial score (nSPS) is 13.1. The summed E-state index contributed by atoms with van der Waals surface area (Å²) in [6.07, 6.45) is 0.556. The van der Waals surface area contributed by atoms with Gasteiger partial charge in [-0.2, -0.15) is 0 Å². The molecule has 0 aliphatic heterocycles. The van der Waals surface area contributed by atoms with E-state index >= 15 is 0 Å². The van der Waals surface area contributed by atoms with Crippen molar-refractivity contribution in [1.82, 2.24) is 10.2 Å². The van der Waals surface area contributed by atoms with E-state index in [9.17, 15) is 14.7 Å². The summed E-state index contributed by atoms with van der Waals surface area (Å²) < 4.78 is 0. The number of aliphatic hydroxyl groups is 1. The van der Waals surface area contributed by atoms with Gasteiger partial charge in [0, 0.05) is 32.7 Å². The number of carbonyl (C=O) groups excluding carboxylic acids is 2. The first-order chi connectivity index (χ1) is 10.2. The lowest BCUT2D eigenvalue weighted by Crippen LogP contribution is -2.41. The van der Waals surface area contributed by atoms with Crippen molar-refractivity contribution in [2.45, 2.75) is 39.3 Å². The molecule has 0 aliphatic rings. The molecule has 0 fully saturated rings. The van der Waals surface area contributed by atoms with Crippen LogP contribution in [0.3, 0.4) is 0 Å². The largest absolute Gasteiger partial charge is 0.388 e. The number of rotatable bonds is 6. The van der Waals surface area contributed by atoms with Crippen molar-refractivity contribution >= 4 is 17.6 Å². The van der Waals surface area contributed by atoms with Crippen molar-refractivity contribution in [1.29, 1.82) is 0 Å². The van der Waals surface area contributed by atoms with Crippen molar-refractivity contribution < 1.29 is 14.7 Å². The highest BCUT2D eigenvalue weighted by Crippen LogP contribution is 2.12. The maximum Gasteiger partial charge on any atom is 0.319 e. The predicted molar refractivity (Wildman–Crippen MR) is 86.5 cm³/mol. The fourth-order valence-corrected chi connectivity index (χ4v) is 1.70. The Labute approximate surface area is 131 Å². The van der Waals surface area contributed by atoms with Crippen molar-refractivity contribution in [2.24, 2.45) is 0 Å². The second-order valence-electron chi connectivity index (χ2n) is 5.73. The molecule has 0 radical (unpaired) electrons. The molecule has 1 atom stereocenters. The average molecular weight is 307 g/mol. The smallest absolute Gasteiger partial charge is 0.319 e. The van der Waals surface area contributed by atoms with Crippen LogP contribution in [-0.4, -0.2) is 41.1 Å². The number of nitrogens with zero attached hydrogens (tertiary/aromatic N) is 1. The first-order valence-electron chi connectivity index (χ1n) is 7.31. The number of amides is 3. The van der Waals surface area contributed by atoms with E-state index in [0.717, 1.165) is 5.56 Å². The predicted octanol–water partition coefficient (Wildman–Crippen LogP) is 1.95. The minimum absolute atomic E-state index is 0.0158. The molecular weight excluding hydrogens is 282 g/mol. The van der Waals surface area contributed by atoms with Crippen LogP contribution in [0.1, 0.15) is 32.8 Å². The summed E-state index contributed by atoms with van der Waals surface area (Å²) in [7, 11) is 1.72. The summed E-state index contributed by atoms with van der Waals surface area (Å²) in [5, 5.41) is 15.2. The molecule has 6 nitrogen and oxygen atoms in total. The van der Waals surface area contributed by atoms with Gasteiger partial charge in [-0.05, 0) is 31.0 Å². The molecule has 122 valence electrons. The van der Waals surface area contributed by atoms with Crippen LogP contribution < -0.4 is 10.6 Å². The molecule has 3 N–H and O–H groups in total. The summed E-state index contributed by atoms with van der Waals surface area (Å²) in [5.41, 5.74) is 0.655. The number of carbonyl (C=O) groups is 2. The minimum Gasteiger partial charge on any atom is -0.388 e. The SMILES string of the molecule is CCC(C)(O)CNC(=O)Nc1cccc(CN(C)C(C)=O)c1. The Morgan fingerprint density at radius 2 is 2.05 bits per heavy atom. The molecule has 0 saturated carbocycles. The van der Waals surface area contributed by atoms with E-state index in [2.05, 4.69) is 10.6 Å². The molecule has 1 aromatic rings. The number of hydrogen-bond donors (Lipinski definition) is 3. The Morgan fingerprint density at radius 3 is 2.64 bits per heavy atom. The molecular formula is C16H25N3O3. The maximum absolute atomic E-state index is 11.8. The maximum atomic E-state index is 11.8. The minimum atomic E-state index is -0.913. The van der Waals surface area contributed by atoms with Crippen LogP contribution >= 0.6 is 0 Å². The Balaban J connectivity index is 2.59. The Bertz CT molecular complexity index is 529. The first-order valence-corrected chi connectivity index (χ1v) is 7.31. The van der Waals surface area contributed by atoms with Gasteiger partial charge in [0.15, 0.2) is 0 Å². The van der Waals surface area contributed by atoms with Crippen LogP contribution in [-0.2, 0) is 11.3 Å². The number of nitrogens with one attached hydrogen (secondary N) is 2. The lowest BCUT2D eigenvalue weighted by molar-refractivity contribution is -0.128. The molecule has 22 heavy (non-hydrogen) atoms. The molecule has 6 heteroatoms. The van der Waals surface area contributed by atoms with Gasteiger partial charge in [0.1, 0.15) is 0 Å². The fourth-order valence-electron chi connectivity index (χ4n) is 1.70. The summed E-state index contributed by atoms with van der Waals surface area (Å²) in [5.74, 6) is -0.0158. The number of benzene rings is 1. The third-order valence-electron chi connectivity index (χ3n) is 3.53. The van der Waals surface area contributed by atoms with Crippen LogP contribution in [0.15, 0.2) is 24.3 Å². The lowest BCUT2D eigenvalue weighted by atomic mass is 10.0. The molecule has 0 saturated heterocycles. The van der Waals surface area contributed by atoms with Crippen LogP contribution in [0.25, 0.3) is 0 Å². The Morgan fingerprint density at radius 1 is 1.36 bits per heavy atom. The average Bonchev–Trinajstić information content (AvgIpc) is 2.45. The van der Waals surface area contributed by atoms with Gasteiger partial charge in [0.05, 0.1) is 5.60 Å². The topological polar surface area (TPSA) is 81.7 Å². The number of hydrogen-bond acceptors (Lipinski definition) is 3. The van der Waals surface area contributed by atoms with Crippen LogP contribution in [0.4, 0.5) is 10.5 Å². The Hall–Kier alpha value is -2.08. The van der Waals surface area contributed by atoms with Gasteiger partial charge < -0.3 is 20.6 Å². The molecule has 0 bridgehead atoms. The molecule has 0 aromatic heterocycles. The second kappa shape index (κ2) is 7.79. The van der Waals surface area contributed by atoms with Gasteiger partial charge in [-0.15, -0.1) is 0 Å². The van der Waals surface area contributed by atoms with E-state index < -0.39 is 5.60 Å². The molecule has 1 unspecified atom stereocenters. The quantitative estimate of drug-likeness (QED) is 0.751. The molecule has 0 spiro atoms. The molecule has 0 heterocycles. The lowest BCUT2D eigenvalue weighted by Gasteiger charge is -2.21. The van der Waals surface area contributed by atoms with E-state index in [0.29, 0.717) is 18.7 Å². The van der Waals surface area contributed by atoms with Crippen LogP contribution in [0, 0.1) is 0 Å². The van der Waals surface area contributed by atoms with Gasteiger partial charge in [-0.25, -0.2) is 4.79 Å². The zero-order valence-electron chi connectivity index (χ0n) is 13.6. The van der Waals surface area contributed by atoms with Crippen molar-refractivity contribution in [3.05, 3.63) is 29.8 Å². The Kier molecular flexibility index (Phi) is 6.37. The zero-order valence-corrected chi connectivity index (χ0v) is 13.6. The van der Waals surface area contributed by atoms with E-state index in [4.69, 9.17) is 0 Å². The highest BCUT2D eigenvalue weighted by Gasteiger charge is 2.18. The van der Waals surface area contributed by atoms with Gasteiger partial charge >= 0.3 is 6.03 Å². The van der Waals surface area contributed by atoms with Gasteiger partial charge in [0.2, 0.25) is 5.91 Å². The van der Waals surface area contributed by atoms with Crippen LogP contribution in [0.5, 0.6) is 0 Å². The third-order valence-corrected chi connectivity index (χ3v) is 3.53. The van der Waals surface area contributed by atoms with E-state index in [-0.39, 0.29) is 18.5 Å². The monoisotopic (exact) mass is 307 g/mol. The van der Waals surface area contributed by atoms with Crippen molar-refractivity contribution in [2.75, 3.05) is 18.9 Å². The van der Waals surface area contributed by atoms with E-state index in [1.165, 1.54) is 6.92 Å². The second-order valence-corrected chi connectivity index (χ2v) is 5.73. The third kappa shape index (κ3) is 6.13. The zero-order chi connectivity index (χ0) is 16.8. The van der Waals surface area contributed by atoms with Gasteiger partial charge in [-0.3, -0.25) is 4.79 Å². The van der Waals surface area contributed by atoms with E-state index in [1.807, 2.05) is 25.1 Å². The fraction of sp³-hybridized carbons (Fsp3) is 0.500. The summed E-state index contributed by atoms with van der Waals surface area (Å²) in [4.78, 5) is 24.7. The standard InChI is InChI=1S/C16H25N3O3/c1-5-16(3,22)11-17-15(21)18-14-8-6-7-13(9-14)10-19(4)12(2)20/h6-9,22H,5,10-11H2,1-4H3,(H2,17,18,21). The van der Waals surface area contributed by atoms with Gasteiger partial charge in [-0.1, -0.05) is 19.1 Å². The highest BCUT2D eigenvalue weighted by atomic mass is 16.3. The first kappa shape index (κ1) is 18.0. The van der Waals surface area contributed by atoms with Crippen molar-refractivity contribution in [3.63, 3.8) is 0 Å². The number of anilines is 1. The van der Waals surface area contributed by atoms with Crippen molar-refractivity contribution in [3.8, 4) is 0 Å². The summed E-state index contributed by atoms with van der Waals surface area (Å²) in [6, 6.07) is 6.93. The number of urea groups is 1. The summed E-state index contributed by atoms with van der Waals surface area (Å²) in [6.45, 7) is 5.70. The molecule has 0 aliphatic carbocycles.